The molecule has 2 aromatic rings. The second kappa shape index (κ2) is 9.24. The van der Waals surface area contributed by atoms with Gasteiger partial charge in [-0.3, -0.25) is 9.88 Å². The van der Waals surface area contributed by atoms with E-state index < -0.39 is 0 Å². The van der Waals surface area contributed by atoms with E-state index >= 15 is 0 Å². The van der Waals surface area contributed by atoms with Gasteiger partial charge in [0.25, 0.3) is 0 Å². The molecule has 5 heterocycles. The van der Waals surface area contributed by atoms with E-state index in [2.05, 4.69) is 25.8 Å². The molecule has 8 nitrogen and oxygen atoms in total. The Morgan fingerprint density at radius 1 is 0.733 bits per heavy atom. The van der Waals surface area contributed by atoms with Crippen molar-refractivity contribution < 1.29 is 9.47 Å². The van der Waals surface area contributed by atoms with E-state index in [4.69, 9.17) is 19.4 Å². The van der Waals surface area contributed by atoms with Crippen LogP contribution in [0.3, 0.4) is 0 Å². The average molecular weight is 411 g/mol. The molecule has 0 radical (unpaired) electrons. The summed E-state index contributed by atoms with van der Waals surface area (Å²) in [5.74, 6) is 2.79. The highest BCUT2D eigenvalue weighted by atomic mass is 16.5. The van der Waals surface area contributed by atoms with E-state index in [0.717, 1.165) is 88.7 Å². The Morgan fingerprint density at radius 3 is 1.93 bits per heavy atom. The highest BCUT2D eigenvalue weighted by Gasteiger charge is 2.27. The number of pyridine rings is 1. The lowest BCUT2D eigenvalue weighted by Crippen LogP contribution is -2.49. The van der Waals surface area contributed by atoms with E-state index in [0.29, 0.717) is 6.04 Å². The second-order valence-corrected chi connectivity index (χ2v) is 8.11. The summed E-state index contributed by atoms with van der Waals surface area (Å²) in [4.78, 5) is 21.3. The van der Waals surface area contributed by atoms with Crippen molar-refractivity contribution in [3.05, 3.63) is 30.6 Å². The minimum absolute atomic E-state index is 0.658. The van der Waals surface area contributed by atoms with Crippen LogP contribution in [0.4, 0.5) is 11.6 Å². The van der Waals surface area contributed by atoms with Crippen molar-refractivity contribution in [2.75, 3.05) is 75.5 Å². The third kappa shape index (κ3) is 4.40. The molecule has 5 rings (SSSR count). The minimum Gasteiger partial charge on any atom is -0.379 e. The Balaban J connectivity index is 1.37. The molecular weight excluding hydrogens is 380 g/mol. The minimum atomic E-state index is 0.658. The van der Waals surface area contributed by atoms with Gasteiger partial charge in [-0.05, 0) is 25.0 Å². The Kier molecular flexibility index (Phi) is 6.06. The first-order valence-corrected chi connectivity index (χ1v) is 11.1. The van der Waals surface area contributed by atoms with Crippen LogP contribution in [-0.2, 0) is 9.47 Å². The molecule has 3 aliphatic heterocycles. The third-order valence-electron chi connectivity index (χ3n) is 6.32. The molecule has 160 valence electrons. The highest BCUT2D eigenvalue weighted by molar-refractivity contribution is 5.62. The predicted molar refractivity (Wildman–Crippen MR) is 116 cm³/mol. The molecule has 3 fully saturated rings. The first kappa shape index (κ1) is 19.7. The largest absolute Gasteiger partial charge is 0.379 e. The highest BCUT2D eigenvalue weighted by Crippen LogP contribution is 2.28. The molecule has 2 aromatic heterocycles. The summed E-state index contributed by atoms with van der Waals surface area (Å²) >= 11 is 0. The van der Waals surface area contributed by atoms with E-state index in [1.54, 1.807) is 12.4 Å². The van der Waals surface area contributed by atoms with E-state index in [-0.39, 0.29) is 0 Å². The molecule has 30 heavy (non-hydrogen) atoms. The molecule has 0 spiro atoms. The quantitative estimate of drug-likeness (QED) is 0.754. The summed E-state index contributed by atoms with van der Waals surface area (Å²) < 4.78 is 11.1. The van der Waals surface area contributed by atoms with Crippen molar-refractivity contribution in [2.45, 2.75) is 18.9 Å². The lowest BCUT2D eigenvalue weighted by molar-refractivity contribution is 0.0115. The van der Waals surface area contributed by atoms with E-state index in [1.807, 2.05) is 12.1 Å². The van der Waals surface area contributed by atoms with Crippen LogP contribution in [0.25, 0.3) is 11.4 Å². The molecule has 0 amide bonds. The number of morpholine rings is 2. The number of nitrogens with zero attached hydrogens (tertiary/aromatic N) is 6. The molecule has 0 bridgehead atoms. The maximum atomic E-state index is 5.53. The predicted octanol–water partition coefficient (Wildman–Crippen LogP) is 1.68. The fourth-order valence-corrected chi connectivity index (χ4v) is 4.57. The number of anilines is 2. The summed E-state index contributed by atoms with van der Waals surface area (Å²) in [5, 5.41) is 0. The van der Waals surface area contributed by atoms with Gasteiger partial charge in [0.2, 0.25) is 0 Å². The van der Waals surface area contributed by atoms with Crippen molar-refractivity contribution in [1.29, 1.82) is 0 Å². The van der Waals surface area contributed by atoms with Crippen molar-refractivity contribution in [1.82, 2.24) is 19.9 Å². The summed E-state index contributed by atoms with van der Waals surface area (Å²) in [7, 11) is 0. The average Bonchev–Trinajstić information content (AvgIpc) is 2.85. The summed E-state index contributed by atoms with van der Waals surface area (Å²) in [6.07, 6.45) is 5.93. The molecule has 3 aliphatic rings. The second-order valence-electron chi connectivity index (χ2n) is 8.11. The van der Waals surface area contributed by atoms with E-state index in [9.17, 15) is 0 Å². The van der Waals surface area contributed by atoms with Gasteiger partial charge < -0.3 is 19.3 Å². The topological polar surface area (TPSA) is 66.9 Å². The van der Waals surface area contributed by atoms with Crippen LogP contribution in [0.2, 0.25) is 0 Å². The number of hydrogen-bond acceptors (Lipinski definition) is 8. The Morgan fingerprint density at radius 2 is 1.30 bits per heavy atom. The zero-order valence-corrected chi connectivity index (χ0v) is 17.4. The van der Waals surface area contributed by atoms with Gasteiger partial charge in [0, 0.05) is 69.3 Å². The first-order valence-electron chi connectivity index (χ1n) is 11.1. The summed E-state index contributed by atoms with van der Waals surface area (Å²) in [6.45, 7) is 9.13. The monoisotopic (exact) mass is 410 g/mol. The molecular formula is C22H30N6O2. The Bertz CT molecular complexity index is 816. The Labute approximate surface area is 177 Å². The van der Waals surface area contributed by atoms with Gasteiger partial charge in [0.1, 0.15) is 11.6 Å². The van der Waals surface area contributed by atoms with Crippen LogP contribution >= 0.6 is 0 Å². The molecule has 8 heteroatoms. The zero-order chi connectivity index (χ0) is 20.2. The van der Waals surface area contributed by atoms with Crippen LogP contribution in [-0.4, -0.2) is 91.6 Å². The summed E-state index contributed by atoms with van der Waals surface area (Å²) in [6, 6.07) is 6.77. The fourth-order valence-electron chi connectivity index (χ4n) is 4.57. The maximum Gasteiger partial charge on any atom is 0.163 e. The number of rotatable bonds is 4. The van der Waals surface area contributed by atoms with Crippen LogP contribution in [0.1, 0.15) is 12.8 Å². The standard InChI is InChI=1S/C22H30N6O2/c1-5-23-6-2-18(1)22-24-20(17-21(25-22)28-11-15-30-16-12-28)27-7-3-19(4-8-27)26-9-13-29-14-10-26/h1-2,5-6,17,19H,3-4,7-16H2. The van der Waals surface area contributed by atoms with Crippen LogP contribution in [0.5, 0.6) is 0 Å². The van der Waals surface area contributed by atoms with Crippen LogP contribution < -0.4 is 9.80 Å². The smallest absolute Gasteiger partial charge is 0.163 e. The lowest BCUT2D eigenvalue weighted by Gasteiger charge is -2.40. The molecule has 0 aromatic carbocycles. The number of piperidine rings is 1. The number of hydrogen-bond donors (Lipinski definition) is 0. The number of aromatic nitrogens is 3. The number of ether oxygens (including phenoxy) is 2. The molecule has 0 N–H and O–H groups in total. The van der Waals surface area contributed by atoms with E-state index in [1.165, 1.54) is 12.8 Å². The molecule has 0 atom stereocenters. The molecule has 3 saturated heterocycles. The Hall–Kier alpha value is -2.29. The van der Waals surface area contributed by atoms with Crippen LogP contribution in [0, 0.1) is 0 Å². The van der Waals surface area contributed by atoms with Crippen molar-refractivity contribution in [2.24, 2.45) is 0 Å². The molecule has 0 unspecified atom stereocenters. The lowest BCUT2D eigenvalue weighted by atomic mass is 10.0. The normalized spacial score (nSPS) is 21.7. The van der Waals surface area contributed by atoms with Crippen molar-refractivity contribution in [3.8, 4) is 11.4 Å². The van der Waals surface area contributed by atoms with Gasteiger partial charge in [0.05, 0.1) is 26.4 Å². The van der Waals surface area contributed by atoms with Gasteiger partial charge in [-0.25, -0.2) is 9.97 Å². The van der Waals surface area contributed by atoms with Crippen molar-refractivity contribution >= 4 is 11.6 Å². The summed E-state index contributed by atoms with van der Waals surface area (Å²) in [5.41, 5.74) is 1.00. The van der Waals surface area contributed by atoms with Gasteiger partial charge in [-0.2, -0.15) is 0 Å². The van der Waals surface area contributed by atoms with Crippen molar-refractivity contribution in [3.63, 3.8) is 0 Å². The van der Waals surface area contributed by atoms with Gasteiger partial charge in [-0.1, -0.05) is 0 Å². The molecule has 0 aliphatic carbocycles. The SMILES string of the molecule is c1cc(-c2nc(N3CCOCC3)cc(N3CCC(N4CCOCC4)CC3)n2)ccn1. The van der Waals surface area contributed by atoms with Gasteiger partial charge in [-0.15, -0.1) is 0 Å². The van der Waals surface area contributed by atoms with Crippen LogP contribution in [0.15, 0.2) is 30.6 Å². The maximum absolute atomic E-state index is 5.53. The van der Waals surface area contributed by atoms with Gasteiger partial charge in [0.15, 0.2) is 5.82 Å². The first-order chi connectivity index (χ1) is 14.9. The van der Waals surface area contributed by atoms with Gasteiger partial charge >= 0.3 is 0 Å². The zero-order valence-electron chi connectivity index (χ0n) is 17.4. The fraction of sp³-hybridized carbons (Fsp3) is 0.591. The molecule has 0 saturated carbocycles. The third-order valence-corrected chi connectivity index (χ3v) is 6.32.